The number of pyridine rings is 1. The van der Waals surface area contributed by atoms with E-state index >= 15 is 0 Å². The number of hydrogen-bond acceptors (Lipinski definition) is 9. The molecule has 1 aliphatic rings. The number of amides is 2. The highest BCUT2D eigenvalue weighted by molar-refractivity contribution is 7.13. The molecule has 0 unspecified atom stereocenters. The quantitative estimate of drug-likeness (QED) is 0.453. The molecule has 190 valence electrons. The Balaban J connectivity index is 1.38. The van der Waals surface area contributed by atoms with Crippen LogP contribution in [0.3, 0.4) is 0 Å². The highest BCUT2D eigenvalue weighted by Crippen LogP contribution is 2.35. The van der Waals surface area contributed by atoms with Gasteiger partial charge < -0.3 is 20.3 Å². The molecule has 36 heavy (non-hydrogen) atoms. The van der Waals surface area contributed by atoms with Crippen molar-refractivity contribution in [2.75, 3.05) is 36.5 Å². The smallest absolute Gasteiger partial charge is 0.378 e. The summed E-state index contributed by atoms with van der Waals surface area (Å²) in [6, 6.07) is 0.615. The van der Waals surface area contributed by atoms with Crippen molar-refractivity contribution in [3.63, 3.8) is 0 Å². The van der Waals surface area contributed by atoms with Gasteiger partial charge in [-0.25, -0.2) is 24.3 Å². The van der Waals surface area contributed by atoms with E-state index in [1.807, 2.05) is 0 Å². The lowest BCUT2D eigenvalue weighted by molar-refractivity contribution is -0.137. The third-order valence-corrected chi connectivity index (χ3v) is 6.17. The number of morpholine rings is 1. The van der Waals surface area contributed by atoms with Crippen LogP contribution in [0.5, 0.6) is 0 Å². The zero-order chi connectivity index (χ0) is 25.9. The summed E-state index contributed by atoms with van der Waals surface area (Å²) in [5.74, 6) is -2.79. The minimum Gasteiger partial charge on any atom is -0.378 e. The van der Waals surface area contributed by atoms with Crippen LogP contribution in [0.2, 0.25) is 5.02 Å². The standard InChI is InChI=1S/C20H16ClF4N7O3S/c21-11-6-26-13(5-10(11)20(23,24)25)31-18(33)12-7-27-14(36-12)8-28-19(34)16-15(22)17(30-9-29-16)32-1-3-35-4-2-32/h5-7,9H,1-4,8H2,(H,28,34)(H,26,31,33). The van der Waals surface area contributed by atoms with Gasteiger partial charge in [0.2, 0.25) is 0 Å². The predicted molar refractivity (Wildman–Crippen MR) is 121 cm³/mol. The maximum Gasteiger partial charge on any atom is 0.418 e. The van der Waals surface area contributed by atoms with Gasteiger partial charge in [0.15, 0.2) is 17.3 Å². The summed E-state index contributed by atoms with van der Waals surface area (Å²) in [5.41, 5.74) is -1.59. The molecular formula is C20H16ClF4N7O3S. The lowest BCUT2D eigenvalue weighted by Gasteiger charge is -2.28. The number of thiazole rings is 1. The summed E-state index contributed by atoms with van der Waals surface area (Å²) >= 11 is 6.40. The van der Waals surface area contributed by atoms with E-state index in [9.17, 15) is 27.2 Å². The van der Waals surface area contributed by atoms with Crippen LogP contribution in [0.1, 0.15) is 30.7 Å². The Morgan fingerprint density at radius 2 is 1.86 bits per heavy atom. The summed E-state index contributed by atoms with van der Waals surface area (Å²) in [6.45, 7) is 1.50. The van der Waals surface area contributed by atoms with Crippen molar-refractivity contribution < 1.29 is 31.9 Å². The number of carbonyl (C=O) groups excluding carboxylic acids is 2. The predicted octanol–water partition coefficient (Wildman–Crippen LogP) is 3.16. The second kappa shape index (κ2) is 10.7. The molecule has 0 atom stereocenters. The first kappa shape index (κ1) is 25.7. The van der Waals surface area contributed by atoms with Crippen molar-refractivity contribution in [1.82, 2.24) is 25.3 Å². The zero-order valence-corrected chi connectivity index (χ0v) is 19.7. The number of nitrogens with zero attached hydrogens (tertiary/aromatic N) is 5. The lowest BCUT2D eigenvalue weighted by atomic mass is 10.2. The molecule has 0 radical (unpaired) electrons. The molecule has 3 aromatic rings. The molecule has 0 spiro atoms. The Morgan fingerprint density at radius 1 is 1.11 bits per heavy atom. The van der Waals surface area contributed by atoms with Gasteiger partial charge in [0.25, 0.3) is 11.8 Å². The van der Waals surface area contributed by atoms with E-state index < -0.39 is 40.1 Å². The van der Waals surface area contributed by atoms with Crippen molar-refractivity contribution in [2.45, 2.75) is 12.7 Å². The number of hydrogen-bond donors (Lipinski definition) is 2. The number of alkyl halides is 3. The first-order valence-corrected chi connectivity index (χ1v) is 11.4. The molecule has 1 aliphatic heterocycles. The van der Waals surface area contributed by atoms with Crippen LogP contribution in [-0.2, 0) is 17.5 Å². The van der Waals surface area contributed by atoms with Gasteiger partial charge >= 0.3 is 6.18 Å². The third kappa shape index (κ3) is 5.85. The van der Waals surface area contributed by atoms with E-state index in [0.717, 1.165) is 23.9 Å². The Hall–Kier alpha value is -3.43. The number of halogens is 5. The second-order valence-corrected chi connectivity index (χ2v) is 8.78. The fourth-order valence-electron chi connectivity index (χ4n) is 3.15. The van der Waals surface area contributed by atoms with Gasteiger partial charge in [-0.15, -0.1) is 11.3 Å². The number of rotatable bonds is 6. The molecule has 2 N–H and O–H groups in total. The van der Waals surface area contributed by atoms with Crippen molar-refractivity contribution in [3.05, 3.63) is 56.8 Å². The number of ether oxygens (including phenoxy) is 1. The molecule has 10 nitrogen and oxygen atoms in total. The highest BCUT2D eigenvalue weighted by atomic mass is 35.5. The van der Waals surface area contributed by atoms with E-state index in [0.29, 0.717) is 32.4 Å². The topological polar surface area (TPSA) is 122 Å². The van der Waals surface area contributed by atoms with Gasteiger partial charge in [-0.1, -0.05) is 11.6 Å². The average molecular weight is 546 g/mol. The molecule has 1 saturated heterocycles. The molecule has 4 rings (SSSR count). The van der Waals surface area contributed by atoms with E-state index in [2.05, 4.69) is 30.6 Å². The number of carbonyl (C=O) groups is 2. The van der Waals surface area contributed by atoms with Gasteiger partial charge in [0.05, 0.1) is 36.5 Å². The fourth-order valence-corrected chi connectivity index (χ4v) is 4.12. The Labute approximate surface area is 209 Å². The van der Waals surface area contributed by atoms with Gasteiger partial charge in [-0.2, -0.15) is 13.2 Å². The number of anilines is 2. The number of nitrogens with one attached hydrogen (secondary N) is 2. The van der Waals surface area contributed by atoms with E-state index in [-0.39, 0.29) is 28.1 Å². The highest BCUT2D eigenvalue weighted by Gasteiger charge is 2.34. The van der Waals surface area contributed by atoms with E-state index in [1.165, 1.54) is 6.20 Å². The van der Waals surface area contributed by atoms with Crippen LogP contribution in [0.15, 0.2) is 24.8 Å². The van der Waals surface area contributed by atoms with E-state index in [1.54, 1.807) is 4.90 Å². The van der Waals surface area contributed by atoms with E-state index in [4.69, 9.17) is 16.3 Å². The Bertz CT molecular complexity index is 1280. The van der Waals surface area contributed by atoms with Crippen LogP contribution in [0.4, 0.5) is 29.2 Å². The molecule has 1 fully saturated rings. The molecule has 0 bridgehead atoms. The van der Waals surface area contributed by atoms with Crippen LogP contribution in [0.25, 0.3) is 0 Å². The fraction of sp³-hybridized carbons (Fsp3) is 0.300. The first-order chi connectivity index (χ1) is 17.1. The van der Waals surface area contributed by atoms with Crippen LogP contribution >= 0.6 is 22.9 Å². The summed E-state index contributed by atoms with van der Waals surface area (Å²) in [7, 11) is 0. The molecule has 2 amide bonds. The van der Waals surface area contributed by atoms with Crippen LogP contribution in [-0.4, -0.2) is 58.1 Å². The van der Waals surface area contributed by atoms with Gasteiger partial charge in [-0.3, -0.25) is 9.59 Å². The number of aromatic nitrogens is 4. The molecule has 0 saturated carbocycles. The SMILES string of the molecule is O=C(Nc1cc(C(F)(F)F)c(Cl)cn1)c1cnc(CNC(=O)c2ncnc(N3CCOCC3)c2F)s1. The van der Waals surface area contributed by atoms with Crippen LogP contribution < -0.4 is 15.5 Å². The Kier molecular flexibility index (Phi) is 7.61. The first-order valence-electron chi connectivity index (χ1n) is 10.2. The van der Waals surface area contributed by atoms with Crippen molar-refractivity contribution in [1.29, 1.82) is 0 Å². The summed E-state index contributed by atoms with van der Waals surface area (Å²) in [6.07, 6.45) is -1.67. The molecule has 3 aromatic heterocycles. The van der Waals surface area contributed by atoms with Crippen LogP contribution in [0, 0.1) is 5.82 Å². The van der Waals surface area contributed by atoms with Crippen molar-refractivity contribution in [2.24, 2.45) is 0 Å². The molecular weight excluding hydrogens is 530 g/mol. The normalized spacial score (nSPS) is 14.0. The molecule has 0 aliphatic carbocycles. The second-order valence-electron chi connectivity index (χ2n) is 7.26. The minimum absolute atomic E-state index is 0.00357. The van der Waals surface area contributed by atoms with Gasteiger partial charge in [0.1, 0.15) is 22.0 Å². The zero-order valence-electron chi connectivity index (χ0n) is 18.1. The monoisotopic (exact) mass is 545 g/mol. The Morgan fingerprint density at radius 3 is 2.58 bits per heavy atom. The summed E-state index contributed by atoms with van der Waals surface area (Å²) < 4.78 is 59.1. The molecule has 0 aromatic carbocycles. The van der Waals surface area contributed by atoms with Crippen molar-refractivity contribution >= 4 is 46.4 Å². The summed E-state index contributed by atoms with van der Waals surface area (Å²) in [5, 5.41) is 4.40. The summed E-state index contributed by atoms with van der Waals surface area (Å²) in [4.78, 5) is 41.9. The largest absolute Gasteiger partial charge is 0.418 e. The van der Waals surface area contributed by atoms with Crippen molar-refractivity contribution in [3.8, 4) is 0 Å². The third-order valence-electron chi connectivity index (χ3n) is 4.88. The maximum absolute atomic E-state index is 14.9. The molecule has 4 heterocycles. The maximum atomic E-state index is 14.9. The van der Waals surface area contributed by atoms with Gasteiger partial charge in [0, 0.05) is 19.3 Å². The lowest BCUT2D eigenvalue weighted by Crippen LogP contribution is -2.38. The average Bonchev–Trinajstić information content (AvgIpc) is 3.33. The van der Waals surface area contributed by atoms with Gasteiger partial charge in [-0.05, 0) is 6.07 Å². The molecule has 16 heteroatoms. The minimum atomic E-state index is -4.72.